The fourth-order valence-electron chi connectivity index (χ4n) is 4.57. The second-order valence-electron chi connectivity index (χ2n) is 7.46. The lowest BCUT2D eigenvalue weighted by molar-refractivity contribution is 0.108. The minimum Gasteiger partial charge on any atom is -0.461 e. The predicted molar refractivity (Wildman–Crippen MR) is 104 cm³/mol. The lowest BCUT2D eigenvalue weighted by atomic mass is 9.94. The SMILES string of the molecule is C=C1CN2CCC[C@@]2(COc2ncc3c4c(c(Br)c(Cl)c3n2)COC4)C1. The molecular formula is C19H19BrClN3O2. The van der Waals surface area contributed by atoms with Gasteiger partial charge in [0.25, 0.3) is 0 Å². The van der Waals surface area contributed by atoms with Crippen LogP contribution in [0.15, 0.2) is 22.8 Å². The molecule has 0 aliphatic carbocycles. The summed E-state index contributed by atoms with van der Waals surface area (Å²) in [5, 5.41) is 1.53. The molecule has 26 heavy (non-hydrogen) atoms. The highest BCUT2D eigenvalue weighted by Gasteiger charge is 2.46. The lowest BCUT2D eigenvalue weighted by Gasteiger charge is -2.30. The number of halogens is 2. The first-order valence-corrected chi connectivity index (χ1v) is 10.0. The van der Waals surface area contributed by atoms with E-state index in [9.17, 15) is 0 Å². The van der Waals surface area contributed by atoms with Crippen molar-refractivity contribution in [2.75, 3.05) is 19.7 Å². The molecule has 1 atom stereocenters. The van der Waals surface area contributed by atoms with E-state index < -0.39 is 0 Å². The molecule has 5 rings (SSSR count). The normalized spacial score (nSPS) is 25.1. The van der Waals surface area contributed by atoms with Crippen LogP contribution in [0.3, 0.4) is 0 Å². The molecule has 3 aliphatic heterocycles. The zero-order valence-electron chi connectivity index (χ0n) is 14.4. The van der Waals surface area contributed by atoms with Gasteiger partial charge >= 0.3 is 6.01 Å². The number of rotatable bonds is 3. The number of benzene rings is 1. The molecule has 0 unspecified atom stereocenters. The monoisotopic (exact) mass is 435 g/mol. The van der Waals surface area contributed by atoms with Gasteiger partial charge in [0.1, 0.15) is 6.61 Å². The van der Waals surface area contributed by atoms with E-state index in [1.165, 1.54) is 12.0 Å². The number of aromatic nitrogens is 2. The molecule has 2 fully saturated rings. The van der Waals surface area contributed by atoms with E-state index in [4.69, 9.17) is 21.1 Å². The Hall–Kier alpha value is -1.21. The van der Waals surface area contributed by atoms with Gasteiger partial charge in [0.05, 0.1) is 29.3 Å². The highest BCUT2D eigenvalue weighted by atomic mass is 79.9. The molecule has 0 amide bonds. The van der Waals surface area contributed by atoms with Crippen molar-refractivity contribution in [3.8, 4) is 6.01 Å². The fraction of sp³-hybridized carbons (Fsp3) is 0.474. The number of nitrogens with zero attached hydrogens (tertiary/aromatic N) is 3. The third-order valence-electron chi connectivity index (χ3n) is 5.82. The Morgan fingerprint density at radius 3 is 3.12 bits per heavy atom. The van der Waals surface area contributed by atoms with E-state index in [0.717, 1.165) is 46.9 Å². The summed E-state index contributed by atoms with van der Waals surface area (Å²) in [7, 11) is 0. The first-order chi connectivity index (χ1) is 12.6. The van der Waals surface area contributed by atoms with Gasteiger partial charge < -0.3 is 9.47 Å². The van der Waals surface area contributed by atoms with E-state index in [2.05, 4.69) is 37.4 Å². The Bertz CT molecular complexity index is 935. The summed E-state index contributed by atoms with van der Waals surface area (Å²) in [6.45, 7) is 7.98. The Kier molecular flexibility index (Phi) is 4.01. The third-order valence-corrected chi connectivity index (χ3v) is 7.29. The van der Waals surface area contributed by atoms with Crippen LogP contribution in [0, 0.1) is 0 Å². The zero-order valence-corrected chi connectivity index (χ0v) is 16.7. The Morgan fingerprint density at radius 2 is 2.23 bits per heavy atom. The van der Waals surface area contributed by atoms with Crippen LogP contribution in [-0.2, 0) is 18.0 Å². The molecule has 3 aliphatic rings. The van der Waals surface area contributed by atoms with Crippen LogP contribution >= 0.6 is 27.5 Å². The van der Waals surface area contributed by atoms with Gasteiger partial charge in [-0.2, -0.15) is 4.98 Å². The summed E-state index contributed by atoms with van der Waals surface area (Å²) in [6.07, 6.45) is 5.15. The average molecular weight is 437 g/mol. The number of hydrogen-bond acceptors (Lipinski definition) is 5. The van der Waals surface area contributed by atoms with Gasteiger partial charge in [-0.15, -0.1) is 0 Å². The molecule has 136 valence electrons. The minimum absolute atomic E-state index is 0.0611. The van der Waals surface area contributed by atoms with Gasteiger partial charge in [-0.05, 0) is 52.9 Å². The summed E-state index contributed by atoms with van der Waals surface area (Å²) in [5.74, 6) is 0. The van der Waals surface area contributed by atoms with E-state index in [-0.39, 0.29) is 5.54 Å². The van der Waals surface area contributed by atoms with E-state index in [1.54, 1.807) is 6.20 Å². The molecular weight excluding hydrogens is 418 g/mol. The molecule has 0 N–H and O–H groups in total. The van der Waals surface area contributed by atoms with Gasteiger partial charge in [-0.3, -0.25) is 4.90 Å². The first kappa shape index (κ1) is 16.9. The number of ether oxygens (including phenoxy) is 2. The van der Waals surface area contributed by atoms with Gasteiger partial charge in [0.15, 0.2) is 0 Å². The van der Waals surface area contributed by atoms with Gasteiger partial charge in [0.2, 0.25) is 0 Å². The second kappa shape index (κ2) is 6.16. The minimum atomic E-state index is 0.0611. The van der Waals surface area contributed by atoms with Crippen LogP contribution in [0.2, 0.25) is 5.02 Å². The molecule has 0 bridgehead atoms. The maximum absolute atomic E-state index is 6.55. The lowest BCUT2D eigenvalue weighted by Crippen LogP contribution is -2.43. The standard InChI is InChI=1S/C19H19BrClN3O2/c1-11-5-19(3-2-4-24(19)7-11)10-26-18-22-6-12-13-8-25-9-14(13)15(20)16(21)17(12)23-18/h6H,1-5,7-10H2/t19-/m0/s1. The molecule has 1 aromatic carbocycles. The zero-order chi connectivity index (χ0) is 17.9. The van der Waals surface area contributed by atoms with Gasteiger partial charge in [-0.1, -0.05) is 23.8 Å². The molecule has 5 nitrogen and oxygen atoms in total. The summed E-state index contributed by atoms with van der Waals surface area (Å²) >= 11 is 10.1. The number of hydrogen-bond donors (Lipinski definition) is 0. The molecule has 2 aromatic rings. The molecule has 2 saturated heterocycles. The van der Waals surface area contributed by atoms with Crippen LogP contribution in [0.25, 0.3) is 10.9 Å². The molecule has 0 spiro atoms. The topological polar surface area (TPSA) is 47.5 Å². The largest absolute Gasteiger partial charge is 0.461 e. The van der Waals surface area contributed by atoms with Crippen molar-refractivity contribution in [2.45, 2.75) is 38.0 Å². The van der Waals surface area contributed by atoms with Crippen molar-refractivity contribution in [1.82, 2.24) is 14.9 Å². The van der Waals surface area contributed by atoms with Crippen molar-refractivity contribution in [1.29, 1.82) is 0 Å². The summed E-state index contributed by atoms with van der Waals surface area (Å²) in [4.78, 5) is 11.5. The van der Waals surface area contributed by atoms with Gasteiger partial charge in [0, 0.05) is 22.6 Å². The Balaban J connectivity index is 1.46. The molecule has 0 saturated carbocycles. The highest BCUT2D eigenvalue weighted by molar-refractivity contribution is 9.10. The maximum atomic E-state index is 6.55. The van der Waals surface area contributed by atoms with Crippen LogP contribution in [0.4, 0.5) is 0 Å². The maximum Gasteiger partial charge on any atom is 0.317 e. The van der Waals surface area contributed by atoms with E-state index >= 15 is 0 Å². The molecule has 4 heterocycles. The average Bonchev–Trinajstić information content (AvgIpc) is 3.32. The molecule has 1 aromatic heterocycles. The van der Waals surface area contributed by atoms with Crippen LogP contribution < -0.4 is 4.74 Å². The summed E-state index contributed by atoms with van der Waals surface area (Å²) in [5.41, 5.74) is 4.26. The summed E-state index contributed by atoms with van der Waals surface area (Å²) < 4.78 is 12.5. The van der Waals surface area contributed by atoms with Crippen LogP contribution in [-0.4, -0.2) is 40.1 Å². The highest BCUT2D eigenvalue weighted by Crippen LogP contribution is 2.42. The Labute approximate surface area is 165 Å². The van der Waals surface area contributed by atoms with Crippen molar-refractivity contribution in [2.24, 2.45) is 0 Å². The number of fused-ring (bicyclic) bond motifs is 4. The smallest absolute Gasteiger partial charge is 0.317 e. The van der Waals surface area contributed by atoms with Crippen molar-refractivity contribution >= 4 is 38.4 Å². The molecule has 0 radical (unpaired) electrons. The van der Waals surface area contributed by atoms with Gasteiger partial charge in [-0.25, -0.2) is 4.98 Å². The van der Waals surface area contributed by atoms with E-state index in [0.29, 0.717) is 36.4 Å². The first-order valence-electron chi connectivity index (χ1n) is 8.85. The fourth-order valence-corrected chi connectivity index (χ4v) is 5.37. The van der Waals surface area contributed by atoms with Crippen molar-refractivity contribution < 1.29 is 9.47 Å². The second-order valence-corrected chi connectivity index (χ2v) is 8.63. The quantitative estimate of drug-likeness (QED) is 0.673. The van der Waals surface area contributed by atoms with E-state index in [1.807, 2.05) is 0 Å². The third kappa shape index (κ3) is 2.50. The Morgan fingerprint density at radius 1 is 1.38 bits per heavy atom. The van der Waals surface area contributed by atoms with Crippen LogP contribution in [0.5, 0.6) is 6.01 Å². The predicted octanol–water partition coefficient (Wildman–Crippen LogP) is 4.25. The van der Waals surface area contributed by atoms with Crippen molar-refractivity contribution in [3.05, 3.63) is 39.0 Å². The van der Waals surface area contributed by atoms with Crippen molar-refractivity contribution in [3.63, 3.8) is 0 Å². The molecule has 7 heteroatoms. The summed E-state index contributed by atoms with van der Waals surface area (Å²) in [6, 6.07) is 0.379. The van der Waals surface area contributed by atoms with Crippen LogP contribution in [0.1, 0.15) is 30.4 Å².